The molecule has 5 heteroatoms. The quantitative estimate of drug-likeness (QED) is 0.776. The van der Waals surface area contributed by atoms with Crippen molar-refractivity contribution in [1.29, 1.82) is 0 Å². The van der Waals surface area contributed by atoms with E-state index < -0.39 is 12.0 Å². The maximum Gasteiger partial charge on any atom is 0.305 e. The van der Waals surface area contributed by atoms with E-state index in [2.05, 4.69) is 6.92 Å². The van der Waals surface area contributed by atoms with E-state index in [-0.39, 0.29) is 12.3 Å². The van der Waals surface area contributed by atoms with Crippen LogP contribution in [0.4, 0.5) is 0 Å². The summed E-state index contributed by atoms with van der Waals surface area (Å²) >= 11 is 0. The third-order valence-electron chi connectivity index (χ3n) is 3.56. The van der Waals surface area contributed by atoms with Crippen molar-refractivity contribution in [3.8, 4) is 0 Å². The lowest BCUT2D eigenvalue weighted by atomic mass is 10.1. The average Bonchev–Trinajstić information content (AvgIpc) is 3.03. The molecule has 2 rings (SSSR count). The van der Waals surface area contributed by atoms with Gasteiger partial charge in [-0.3, -0.25) is 14.5 Å². The van der Waals surface area contributed by atoms with E-state index in [0.29, 0.717) is 12.0 Å². The van der Waals surface area contributed by atoms with Crippen LogP contribution in [0.15, 0.2) is 0 Å². The van der Waals surface area contributed by atoms with Crippen LogP contribution in [-0.4, -0.2) is 59.0 Å². The standard InChI is InChI=1S/C12H20N2O3/c1-8-6-13(2)10(5-11(15)16)12(17)14(7-8)9-3-4-9/h8-10H,3-7H2,1-2H3,(H,15,16). The number of carboxylic acid groups (broad SMARTS) is 1. The fourth-order valence-corrected chi connectivity index (χ4v) is 2.61. The van der Waals surface area contributed by atoms with E-state index in [1.54, 1.807) is 0 Å². The van der Waals surface area contributed by atoms with Gasteiger partial charge in [0.15, 0.2) is 0 Å². The Morgan fingerprint density at radius 1 is 1.41 bits per heavy atom. The van der Waals surface area contributed by atoms with E-state index in [1.165, 1.54) is 0 Å². The van der Waals surface area contributed by atoms with Gasteiger partial charge < -0.3 is 10.0 Å². The molecule has 2 atom stereocenters. The lowest BCUT2D eigenvalue weighted by Gasteiger charge is -2.26. The number of carbonyl (C=O) groups excluding carboxylic acids is 1. The van der Waals surface area contributed by atoms with Crippen LogP contribution in [0.25, 0.3) is 0 Å². The van der Waals surface area contributed by atoms with E-state index >= 15 is 0 Å². The molecule has 0 aromatic heterocycles. The SMILES string of the molecule is CC1CN(C)C(CC(=O)O)C(=O)N(C2CC2)C1. The van der Waals surface area contributed by atoms with Gasteiger partial charge in [0.25, 0.3) is 0 Å². The summed E-state index contributed by atoms with van der Waals surface area (Å²) in [5.41, 5.74) is 0. The van der Waals surface area contributed by atoms with Crippen LogP contribution in [0.5, 0.6) is 0 Å². The lowest BCUT2D eigenvalue weighted by molar-refractivity contribution is -0.144. The molecule has 0 bridgehead atoms. The normalized spacial score (nSPS) is 31.4. The second-order valence-electron chi connectivity index (χ2n) is 5.38. The van der Waals surface area contributed by atoms with Gasteiger partial charge in [0.05, 0.1) is 12.5 Å². The monoisotopic (exact) mass is 240 g/mol. The van der Waals surface area contributed by atoms with Crippen LogP contribution in [0.2, 0.25) is 0 Å². The van der Waals surface area contributed by atoms with Crippen molar-refractivity contribution in [2.45, 2.75) is 38.3 Å². The third-order valence-corrected chi connectivity index (χ3v) is 3.56. The van der Waals surface area contributed by atoms with Crippen LogP contribution in [0.1, 0.15) is 26.2 Å². The van der Waals surface area contributed by atoms with Gasteiger partial charge in [0.2, 0.25) is 5.91 Å². The highest BCUT2D eigenvalue weighted by molar-refractivity contribution is 5.86. The molecule has 2 unspecified atom stereocenters. The number of hydrogen-bond donors (Lipinski definition) is 1. The highest BCUT2D eigenvalue weighted by Gasteiger charge is 2.40. The van der Waals surface area contributed by atoms with Gasteiger partial charge in [-0.2, -0.15) is 0 Å². The van der Waals surface area contributed by atoms with Crippen LogP contribution in [-0.2, 0) is 9.59 Å². The second-order valence-corrected chi connectivity index (χ2v) is 5.38. The Bertz CT molecular complexity index is 328. The number of carboxylic acids is 1. The smallest absolute Gasteiger partial charge is 0.305 e. The zero-order chi connectivity index (χ0) is 12.6. The summed E-state index contributed by atoms with van der Waals surface area (Å²) in [6.45, 7) is 3.67. The van der Waals surface area contributed by atoms with Gasteiger partial charge in [-0.25, -0.2) is 0 Å². The average molecular weight is 240 g/mol. The molecule has 0 aromatic carbocycles. The fraction of sp³-hybridized carbons (Fsp3) is 0.833. The molecule has 2 fully saturated rings. The highest BCUT2D eigenvalue weighted by atomic mass is 16.4. The minimum absolute atomic E-state index is 0.00162. The largest absolute Gasteiger partial charge is 0.481 e. The number of likely N-dealkylation sites (N-methyl/N-ethyl adjacent to an activating group) is 1. The molecule has 0 radical (unpaired) electrons. The molecule has 1 aliphatic carbocycles. The van der Waals surface area contributed by atoms with E-state index in [0.717, 1.165) is 25.9 Å². The molecule has 96 valence electrons. The minimum atomic E-state index is -0.902. The van der Waals surface area contributed by atoms with Crippen LogP contribution < -0.4 is 0 Å². The van der Waals surface area contributed by atoms with Crippen molar-refractivity contribution in [2.75, 3.05) is 20.1 Å². The number of aliphatic carboxylic acids is 1. The summed E-state index contributed by atoms with van der Waals surface area (Å²) in [4.78, 5) is 27.0. The summed E-state index contributed by atoms with van der Waals surface area (Å²) in [7, 11) is 1.85. The lowest BCUT2D eigenvalue weighted by Crippen LogP contribution is -2.46. The Hall–Kier alpha value is -1.10. The Morgan fingerprint density at radius 2 is 2.06 bits per heavy atom. The highest BCUT2D eigenvalue weighted by Crippen LogP contribution is 2.30. The van der Waals surface area contributed by atoms with E-state index in [4.69, 9.17) is 5.11 Å². The molecule has 1 amide bonds. The summed E-state index contributed by atoms with van der Waals surface area (Å²) in [6, 6.07) is -0.120. The molecular formula is C12H20N2O3. The van der Waals surface area contributed by atoms with Crippen molar-refractivity contribution in [1.82, 2.24) is 9.80 Å². The van der Waals surface area contributed by atoms with Crippen molar-refractivity contribution in [3.05, 3.63) is 0 Å². The first-order valence-corrected chi connectivity index (χ1v) is 6.21. The zero-order valence-electron chi connectivity index (χ0n) is 10.4. The molecular weight excluding hydrogens is 220 g/mol. The Kier molecular flexibility index (Phi) is 3.38. The van der Waals surface area contributed by atoms with Crippen LogP contribution >= 0.6 is 0 Å². The molecule has 0 spiro atoms. The first kappa shape index (κ1) is 12.4. The van der Waals surface area contributed by atoms with E-state index in [9.17, 15) is 9.59 Å². The number of nitrogens with zero attached hydrogens (tertiary/aromatic N) is 2. The summed E-state index contributed by atoms with van der Waals surface area (Å²) in [5, 5.41) is 8.90. The van der Waals surface area contributed by atoms with E-state index in [1.807, 2.05) is 16.8 Å². The van der Waals surface area contributed by atoms with Gasteiger partial charge >= 0.3 is 5.97 Å². The van der Waals surface area contributed by atoms with Crippen molar-refractivity contribution in [3.63, 3.8) is 0 Å². The van der Waals surface area contributed by atoms with Gasteiger partial charge in [-0.1, -0.05) is 6.92 Å². The van der Waals surface area contributed by atoms with Gasteiger partial charge in [-0.05, 0) is 25.8 Å². The molecule has 1 heterocycles. The predicted octanol–water partition coefficient (Wildman–Crippen LogP) is 0.402. The first-order valence-electron chi connectivity index (χ1n) is 6.21. The summed E-state index contributed by atoms with van der Waals surface area (Å²) in [5.74, 6) is -0.495. The number of rotatable bonds is 3. The number of hydrogen-bond acceptors (Lipinski definition) is 3. The zero-order valence-corrected chi connectivity index (χ0v) is 10.4. The molecule has 2 aliphatic rings. The van der Waals surface area contributed by atoms with Crippen molar-refractivity contribution in [2.24, 2.45) is 5.92 Å². The number of carbonyl (C=O) groups is 2. The molecule has 1 saturated heterocycles. The van der Waals surface area contributed by atoms with Crippen molar-refractivity contribution < 1.29 is 14.7 Å². The van der Waals surface area contributed by atoms with Crippen LogP contribution in [0, 0.1) is 5.92 Å². The maximum absolute atomic E-state index is 12.3. The van der Waals surface area contributed by atoms with Gasteiger partial charge in [0.1, 0.15) is 0 Å². The summed E-state index contributed by atoms with van der Waals surface area (Å²) < 4.78 is 0. The van der Waals surface area contributed by atoms with Crippen LogP contribution in [0.3, 0.4) is 0 Å². The molecule has 1 N–H and O–H groups in total. The molecule has 17 heavy (non-hydrogen) atoms. The minimum Gasteiger partial charge on any atom is -0.481 e. The fourth-order valence-electron chi connectivity index (χ4n) is 2.61. The van der Waals surface area contributed by atoms with Gasteiger partial charge in [0, 0.05) is 19.1 Å². The number of amides is 1. The van der Waals surface area contributed by atoms with Gasteiger partial charge in [-0.15, -0.1) is 0 Å². The predicted molar refractivity (Wildman–Crippen MR) is 62.6 cm³/mol. The molecule has 1 saturated carbocycles. The molecule has 1 aliphatic heterocycles. The second kappa shape index (κ2) is 4.64. The Balaban J connectivity index is 2.15. The molecule has 0 aromatic rings. The summed E-state index contributed by atoms with van der Waals surface area (Å²) in [6.07, 6.45) is 2.05. The van der Waals surface area contributed by atoms with Crippen molar-refractivity contribution >= 4 is 11.9 Å². The Morgan fingerprint density at radius 3 is 2.59 bits per heavy atom. The third kappa shape index (κ3) is 2.77. The first-order chi connectivity index (χ1) is 7.99. The topological polar surface area (TPSA) is 60.9 Å². The molecule has 5 nitrogen and oxygen atoms in total. The maximum atomic E-state index is 12.3. The Labute approximate surface area is 101 Å².